The molecule has 0 amide bonds. The summed E-state index contributed by atoms with van der Waals surface area (Å²) in [6.45, 7) is 0. The van der Waals surface area contributed by atoms with Gasteiger partial charge in [0, 0.05) is 6.04 Å². The van der Waals surface area contributed by atoms with Crippen molar-refractivity contribution in [3.05, 3.63) is 0 Å². The second-order valence-electron chi connectivity index (χ2n) is 4.21. The molecule has 0 aromatic heterocycles. The lowest BCUT2D eigenvalue weighted by atomic mass is 10.2. The minimum absolute atomic E-state index is 0.115. The van der Waals surface area contributed by atoms with Crippen LogP contribution < -0.4 is 5.32 Å². The molecule has 2 saturated carbocycles. The molecule has 13 heavy (non-hydrogen) atoms. The molecule has 2 aliphatic carbocycles. The molecule has 0 atom stereocenters. The fraction of sp³-hybridized carbons (Fsp3) is 1.00. The minimum Gasteiger partial charge on any atom is -0.301 e. The van der Waals surface area contributed by atoms with Crippen molar-refractivity contribution in [2.75, 3.05) is 0 Å². The van der Waals surface area contributed by atoms with Crippen molar-refractivity contribution in [1.29, 1.82) is 0 Å². The van der Waals surface area contributed by atoms with Gasteiger partial charge in [0.2, 0.25) is 0 Å². The third-order valence-electron chi connectivity index (χ3n) is 3.13. The van der Waals surface area contributed by atoms with Crippen LogP contribution in [-0.2, 0) is 0 Å². The lowest BCUT2D eigenvalue weighted by molar-refractivity contribution is -0.167. The Bertz CT molecular complexity index is 190. The lowest BCUT2D eigenvalue weighted by Gasteiger charge is -2.24. The lowest BCUT2D eigenvalue weighted by Crippen LogP contribution is -2.48. The van der Waals surface area contributed by atoms with Crippen molar-refractivity contribution in [1.82, 2.24) is 5.32 Å². The van der Waals surface area contributed by atoms with Crippen LogP contribution in [0.5, 0.6) is 0 Å². The summed E-state index contributed by atoms with van der Waals surface area (Å²) in [6, 6.07) is 0.115. The Morgan fingerprint density at radius 2 is 1.62 bits per heavy atom. The predicted octanol–water partition coefficient (Wildman–Crippen LogP) is 2.61. The highest BCUT2D eigenvalue weighted by atomic mass is 19.4. The van der Waals surface area contributed by atoms with Gasteiger partial charge in [0.1, 0.15) is 5.54 Å². The summed E-state index contributed by atoms with van der Waals surface area (Å²) in [6.07, 6.45) is 0.475. The van der Waals surface area contributed by atoms with Crippen molar-refractivity contribution < 1.29 is 13.2 Å². The summed E-state index contributed by atoms with van der Waals surface area (Å²) < 4.78 is 37.5. The van der Waals surface area contributed by atoms with Gasteiger partial charge in [-0.1, -0.05) is 12.8 Å². The Morgan fingerprint density at radius 3 is 2.00 bits per heavy atom. The zero-order chi connectivity index (χ0) is 9.53. The number of nitrogens with one attached hydrogen (secondary N) is 1. The highest BCUT2D eigenvalue weighted by Gasteiger charge is 2.63. The van der Waals surface area contributed by atoms with E-state index in [9.17, 15) is 13.2 Å². The van der Waals surface area contributed by atoms with Gasteiger partial charge in [-0.05, 0) is 25.7 Å². The van der Waals surface area contributed by atoms with Crippen molar-refractivity contribution in [3.63, 3.8) is 0 Å². The van der Waals surface area contributed by atoms with E-state index >= 15 is 0 Å². The van der Waals surface area contributed by atoms with E-state index in [2.05, 4.69) is 5.32 Å². The van der Waals surface area contributed by atoms with Crippen molar-refractivity contribution >= 4 is 0 Å². The van der Waals surface area contributed by atoms with Crippen LogP contribution in [-0.4, -0.2) is 17.8 Å². The molecule has 2 aliphatic rings. The summed E-state index contributed by atoms with van der Waals surface area (Å²) in [4.78, 5) is 0. The summed E-state index contributed by atoms with van der Waals surface area (Å²) in [5.41, 5.74) is -1.50. The third kappa shape index (κ3) is 1.68. The zero-order valence-electron chi connectivity index (χ0n) is 7.45. The number of rotatable bonds is 2. The fourth-order valence-electron chi connectivity index (χ4n) is 2.10. The van der Waals surface area contributed by atoms with E-state index in [0.29, 0.717) is 0 Å². The molecule has 0 aromatic carbocycles. The van der Waals surface area contributed by atoms with E-state index in [1.165, 1.54) is 0 Å². The number of hydrogen-bond acceptors (Lipinski definition) is 1. The number of hydrogen-bond donors (Lipinski definition) is 1. The molecule has 1 nitrogen and oxygen atoms in total. The van der Waals surface area contributed by atoms with Gasteiger partial charge in [-0.25, -0.2) is 0 Å². The standard InChI is InChI=1S/C9H14F3N/c10-9(11,12)8(5-6-8)13-7-3-1-2-4-7/h7,13H,1-6H2. The van der Waals surface area contributed by atoms with Gasteiger partial charge < -0.3 is 5.32 Å². The maximum absolute atomic E-state index is 12.5. The van der Waals surface area contributed by atoms with E-state index in [4.69, 9.17) is 0 Å². The first-order valence-electron chi connectivity index (χ1n) is 4.88. The molecule has 0 saturated heterocycles. The largest absolute Gasteiger partial charge is 0.406 e. The molecule has 0 aliphatic heterocycles. The number of alkyl halides is 3. The Labute approximate surface area is 75.7 Å². The number of halogens is 3. The Morgan fingerprint density at radius 1 is 1.08 bits per heavy atom. The van der Waals surface area contributed by atoms with Crippen LogP contribution in [0.3, 0.4) is 0 Å². The van der Waals surface area contributed by atoms with Crippen LogP contribution in [0.1, 0.15) is 38.5 Å². The molecule has 0 bridgehead atoms. The second-order valence-corrected chi connectivity index (χ2v) is 4.21. The molecule has 0 spiro atoms. The molecular weight excluding hydrogens is 179 g/mol. The molecule has 1 N–H and O–H groups in total. The molecule has 4 heteroatoms. The van der Waals surface area contributed by atoms with Crippen LogP contribution in [0.25, 0.3) is 0 Å². The molecule has 0 radical (unpaired) electrons. The Balaban J connectivity index is 1.93. The van der Waals surface area contributed by atoms with E-state index < -0.39 is 11.7 Å². The Hall–Kier alpha value is -0.250. The van der Waals surface area contributed by atoms with E-state index in [-0.39, 0.29) is 18.9 Å². The maximum Gasteiger partial charge on any atom is 0.406 e. The van der Waals surface area contributed by atoms with E-state index in [1.54, 1.807) is 0 Å². The van der Waals surface area contributed by atoms with Gasteiger partial charge in [-0.3, -0.25) is 0 Å². The van der Waals surface area contributed by atoms with Gasteiger partial charge in [0.25, 0.3) is 0 Å². The van der Waals surface area contributed by atoms with E-state index in [1.807, 2.05) is 0 Å². The molecule has 0 unspecified atom stereocenters. The normalized spacial score (nSPS) is 27.9. The Kier molecular flexibility index (Phi) is 2.06. The molecule has 2 fully saturated rings. The van der Waals surface area contributed by atoms with Crippen LogP contribution in [0.2, 0.25) is 0 Å². The van der Waals surface area contributed by atoms with Crippen molar-refractivity contribution in [2.45, 2.75) is 56.3 Å². The first-order chi connectivity index (χ1) is 6.04. The van der Waals surface area contributed by atoms with Crippen molar-refractivity contribution in [3.8, 4) is 0 Å². The maximum atomic E-state index is 12.5. The summed E-state index contributed by atoms with van der Waals surface area (Å²) in [5, 5.41) is 2.78. The third-order valence-corrected chi connectivity index (χ3v) is 3.13. The van der Waals surface area contributed by atoms with Crippen LogP contribution in [0, 0.1) is 0 Å². The molecule has 76 valence electrons. The summed E-state index contributed by atoms with van der Waals surface area (Å²) in [5.74, 6) is 0. The van der Waals surface area contributed by atoms with Crippen LogP contribution >= 0.6 is 0 Å². The minimum atomic E-state index is -4.05. The summed E-state index contributed by atoms with van der Waals surface area (Å²) in [7, 11) is 0. The fourth-order valence-corrected chi connectivity index (χ4v) is 2.10. The van der Waals surface area contributed by atoms with Gasteiger partial charge in [-0.2, -0.15) is 13.2 Å². The van der Waals surface area contributed by atoms with Gasteiger partial charge >= 0.3 is 6.18 Å². The topological polar surface area (TPSA) is 12.0 Å². The highest BCUT2D eigenvalue weighted by molar-refractivity contribution is 5.09. The summed E-state index contributed by atoms with van der Waals surface area (Å²) >= 11 is 0. The average Bonchev–Trinajstić information content (AvgIpc) is 2.59. The first kappa shape index (κ1) is 9.31. The second kappa shape index (κ2) is 2.87. The van der Waals surface area contributed by atoms with E-state index in [0.717, 1.165) is 25.7 Å². The van der Waals surface area contributed by atoms with Gasteiger partial charge in [0.15, 0.2) is 0 Å². The molecule has 0 heterocycles. The van der Waals surface area contributed by atoms with Crippen LogP contribution in [0.4, 0.5) is 13.2 Å². The monoisotopic (exact) mass is 193 g/mol. The van der Waals surface area contributed by atoms with Gasteiger partial charge in [0.05, 0.1) is 0 Å². The van der Waals surface area contributed by atoms with Crippen LogP contribution in [0.15, 0.2) is 0 Å². The molecular formula is C9H14F3N. The molecule has 2 rings (SSSR count). The quantitative estimate of drug-likeness (QED) is 0.710. The zero-order valence-corrected chi connectivity index (χ0v) is 7.45. The highest BCUT2D eigenvalue weighted by Crippen LogP contribution is 2.49. The van der Waals surface area contributed by atoms with Gasteiger partial charge in [-0.15, -0.1) is 0 Å². The average molecular weight is 193 g/mol. The SMILES string of the molecule is FC(F)(F)C1(NC2CCCC2)CC1. The van der Waals surface area contributed by atoms with Crippen molar-refractivity contribution in [2.24, 2.45) is 0 Å². The molecule has 0 aromatic rings. The predicted molar refractivity (Wildman–Crippen MR) is 43.4 cm³/mol. The smallest absolute Gasteiger partial charge is 0.301 e. The first-order valence-corrected chi connectivity index (χ1v) is 4.88.